The van der Waals surface area contributed by atoms with Crippen molar-refractivity contribution in [1.82, 2.24) is 10.2 Å². The largest absolute Gasteiger partial charge is 0.371 e. The molecule has 3 rings (SSSR count). The maximum absolute atomic E-state index is 13.0. The molecule has 142 valence electrons. The average Bonchev–Trinajstić information content (AvgIpc) is 2.72. The normalized spacial score (nSPS) is 15.3. The summed E-state index contributed by atoms with van der Waals surface area (Å²) in [4.78, 5) is 14.5. The molecule has 0 saturated carbocycles. The van der Waals surface area contributed by atoms with Crippen LogP contribution in [0.25, 0.3) is 6.08 Å². The number of nitrogens with zero attached hydrogens (tertiary/aromatic N) is 1. The summed E-state index contributed by atoms with van der Waals surface area (Å²) in [6.07, 6.45) is 4.99. The molecule has 0 atom stereocenters. The summed E-state index contributed by atoms with van der Waals surface area (Å²) in [6, 6.07) is 14.8. The molecule has 1 amide bonds. The molecule has 0 aliphatic carbocycles. The van der Waals surface area contributed by atoms with E-state index in [1.807, 2.05) is 24.3 Å². The predicted molar refractivity (Wildman–Crippen MR) is 106 cm³/mol. The van der Waals surface area contributed by atoms with Crippen molar-refractivity contribution in [3.8, 4) is 0 Å². The van der Waals surface area contributed by atoms with Crippen LogP contribution in [0.2, 0.25) is 0 Å². The van der Waals surface area contributed by atoms with Gasteiger partial charge >= 0.3 is 0 Å². The van der Waals surface area contributed by atoms with Crippen molar-refractivity contribution in [2.24, 2.45) is 0 Å². The second-order valence-electron chi connectivity index (χ2n) is 6.30. The van der Waals surface area contributed by atoms with Crippen LogP contribution in [-0.4, -0.2) is 30.2 Å². The molecule has 2 aromatic rings. The topological polar surface area (TPSA) is 64.6 Å². The van der Waals surface area contributed by atoms with Crippen LogP contribution in [0.3, 0.4) is 0 Å². The Morgan fingerprint density at radius 2 is 1.85 bits per heavy atom. The van der Waals surface area contributed by atoms with Gasteiger partial charge in [0.05, 0.1) is 0 Å². The Morgan fingerprint density at radius 1 is 1.15 bits per heavy atom. The fraction of sp³-hybridized carbons (Fsp3) is 0.250. The number of halogens is 1. The fourth-order valence-corrected chi connectivity index (χ4v) is 3.82. The lowest BCUT2D eigenvalue weighted by molar-refractivity contribution is -0.124. The molecule has 1 saturated heterocycles. The van der Waals surface area contributed by atoms with Crippen molar-refractivity contribution in [2.45, 2.75) is 23.8 Å². The minimum Gasteiger partial charge on any atom is -0.371 e. The van der Waals surface area contributed by atoms with Crippen molar-refractivity contribution in [3.63, 3.8) is 0 Å². The Bertz CT molecular complexity index is 790. The lowest BCUT2D eigenvalue weighted by atomic mass is 10.0. The Hall–Kier alpha value is -2.35. The third-order valence-electron chi connectivity index (χ3n) is 4.45. The molecule has 2 aromatic carbocycles. The highest BCUT2D eigenvalue weighted by atomic mass is 32.2. The minimum absolute atomic E-state index is 0.225. The van der Waals surface area contributed by atoms with Crippen molar-refractivity contribution < 1.29 is 14.4 Å². The molecule has 1 heterocycles. The quantitative estimate of drug-likeness (QED) is 0.306. The third-order valence-corrected chi connectivity index (χ3v) is 5.41. The standard InChI is InChI=1S/C20H22FN3O2S/c21-16-6-8-18(9-7-16)27-23-17-11-13-24(14-12-17)19-4-2-1-3-15(19)5-10-20(25)22-26/h1-10,17,23,26H,11-14H2,(H,22,25)/b10-5+. The van der Waals surface area contributed by atoms with Gasteiger partial charge in [0, 0.05) is 35.8 Å². The van der Waals surface area contributed by atoms with Crippen LogP contribution in [0.5, 0.6) is 0 Å². The smallest absolute Gasteiger partial charge is 0.267 e. The summed E-state index contributed by atoms with van der Waals surface area (Å²) in [5, 5.41) is 8.62. The van der Waals surface area contributed by atoms with E-state index in [1.54, 1.807) is 23.7 Å². The van der Waals surface area contributed by atoms with Gasteiger partial charge in [-0.05, 0) is 66.8 Å². The number of piperidine rings is 1. The number of benzene rings is 2. The SMILES string of the molecule is O=C(/C=C/c1ccccc1N1CCC(NSc2ccc(F)cc2)CC1)NO. The molecule has 1 aliphatic heterocycles. The molecule has 7 heteroatoms. The van der Waals surface area contributed by atoms with Gasteiger partial charge in [-0.25, -0.2) is 9.87 Å². The number of para-hydroxylation sites is 1. The molecule has 5 nitrogen and oxygen atoms in total. The Balaban J connectivity index is 1.55. The van der Waals surface area contributed by atoms with E-state index in [1.165, 1.54) is 30.2 Å². The lowest BCUT2D eigenvalue weighted by Gasteiger charge is -2.34. The number of rotatable bonds is 6. The van der Waals surface area contributed by atoms with Crippen LogP contribution in [0.4, 0.5) is 10.1 Å². The van der Waals surface area contributed by atoms with E-state index in [-0.39, 0.29) is 5.82 Å². The highest BCUT2D eigenvalue weighted by molar-refractivity contribution is 7.97. The molecule has 3 N–H and O–H groups in total. The average molecular weight is 387 g/mol. The van der Waals surface area contributed by atoms with Crippen LogP contribution in [0.15, 0.2) is 59.5 Å². The van der Waals surface area contributed by atoms with Crippen molar-refractivity contribution >= 4 is 29.6 Å². The second kappa shape index (κ2) is 9.55. The van der Waals surface area contributed by atoms with Crippen molar-refractivity contribution in [3.05, 3.63) is 66.0 Å². The van der Waals surface area contributed by atoms with E-state index in [9.17, 15) is 9.18 Å². The first-order valence-electron chi connectivity index (χ1n) is 8.80. The monoisotopic (exact) mass is 387 g/mol. The molecule has 0 unspecified atom stereocenters. The number of amides is 1. The van der Waals surface area contributed by atoms with Gasteiger partial charge in [-0.1, -0.05) is 18.2 Å². The van der Waals surface area contributed by atoms with Gasteiger partial charge in [-0.15, -0.1) is 0 Å². The van der Waals surface area contributed by atoms with Gasteiger partial charge in [0.25, 0.3) is 5.91 Å². The van der Waals surface area contributed by atoms with E-state index in [0.29, 0.717) is 6.04 Å². The van der Waals surface area contributed by atoms with Gasteiger partial charge in [0.2, 0.25) is 0 Å². The number of carbonyl (C=O) groups excluding carboxylic acids is 1. The summed E-state index contributed by atoms with van der Waals surface area (Å²) < 4.78 is 16.4. The van der Waals surface area contributed by atoms with Crippen molar-refractivity contribution in [1.29, 1.82) is 0 Å². The Kier molecular flexibility index (Phi) is 6.86. The first-order chi connectivity index (χ1) is 13.2. The summed E-state index contributed by atoms with van der Waals surface area (Å²) in [7, 11) is 0. The predicted octanol–water partition coefficient (Wildman–Crippen LogP) is 3.61. The molecule has 27 heavy (non-hydrogen) atoms. The zero-order chi connectivity index (χ0) is 19.1. The third kappa shape index (κ3) is 5.56. The fourth-order valence-electron chi connectivity index (χ4n) is 3.01. The zero-order valence-corrected chi connectivity index (χ0v) is 15.6. The number of nitrogens with one attached hydrogen (secondary N) is 2. The Morgan fingerprint density at radius 3 is 2.56 bits per heavy atom. The van der Waals surface area contributed by atoms with Crippen LogP contribution in [-0.2, 0) is 4.79 Å². The van der Waals surface area contributed by atoms with Crippen LogP contribution >= 0.6 is 11.9 Å². The van der Waals surface area contributed by atoms with E-state index >= 15 is 0 Å². The van der Waals surface area contributed by atoms with Crippen LogP contribution < -0.4 is 15.1 Å². The second-order valence-corrected chi connectivity index (χ2v) is 7.21. The van der Waals surface area contributed by atoms with Gasteiger partial charge in [-0.2, -0.15) is 0 Å². The summed E-state index contributed by atoms with van der Waals surface area (Å²) in [5.74, 6) is -0.776. The van der Waals surface area contributed by atoms with E-state index < -0.39 is 5.91 Å². The maximum atomic E-state index is 13.0. The maximum Gasteiger partial charge on any atom is 0.267 e. The first-order valence-corrected chi connectivity index (χ1v) is 9.61. The highest BCUT2D eigenvalue weighted by Gasteiger charge is 2.20. The Labute approximate surface area is 162 Å². The number of hydroxylamine groups is 1. The van der Waals surface area contributed by atoms with Gasteiger partial charge in [-0.3, -0.25) is 14.7 Å². The number of anilines is 1. The van der Waals surface area contributed by atoms with Crippen LogP contribution in [0.1, 0.15) is 18.4 Å². The molecule has 0 spiro atoms. The van der Waals surface area contributed by atoms with E-state index in [4.69, 9.17) is 5.21 Å². The minimum atomic E-state index is -0.550. The molecule has 1 fully saturated rings. The first kappa shape index (κ1) is 19.4. The highest BCUT2D eigenvalue weighted by Crippen LogP contribution is 2.26. The lowest BCUT2D eigenvalue weighted by Crippen LogP contribution is -2.40. The zero-order valence-electron chi connectivity index (χ0n) is 14.8. The van der Waals surface area contributed by atoms with Crippen molar-refractivity contribution in [2.75, 3.05) is 18.0 Å². The molecule has 1 aliphatic rings. The van der Waals surface area contributed by atoms with Gasteiger partial charge in [0.1, 0.15) is 5.82 Å². The van der Waals surface area contributed by atoms with Crippen LogP contribution in [0, 0.1) is 5.82 Å². The number of hydrogen-bond donors (Lipinski definition) is 3. The summed E-state index contributed by atoms with van der Waals surface area (Å²) >= 11 is 1.54. The van der Waals surface area contributed by atoms with Gasteiger partial charge < -0.3 is 4.90 Å². The summed E-state index contributed by atoms with van der Waals surface area (Å²) in [6.45, 7) is 1.80. The molecular weight excluding hydrogens is 365 g/mol. The molecular formula is C20H22FN3O2S. The number of hydrogen-bond acceptors (Lipinski definition) is 5. The molecule has 0 aromatic heterocycles. The summed E-state index contributed by atoms with van der Waals surface area (Å²) in [5.41, 5.74) is 3.61. The number of carbonyl (C=O) groups is 1. The van der Waals surface area contributed by atoms with E-state index in [2.05, 4.69) is 9.62 Å². The molecule has 0 radical (unpaired) electrons. The van der Waals surface area contributed by atoms with E-state index in [0.717, 1.165) is 42.1 Å². The molecule has 0 bridgehead atoms. The van der Waals surface area contributed by atoms with Gasteiger partial charge in [0.15, 0.2) is 0 Å².